The van der Waals surface area contributed by atoms with E-state index in [9.17, 15) is 19.2 Å². The Bertz CT molecular complexity index is 799. The highest BCUT2D eigenvalue weighted by Gasteiger charge is 2.33. The molecule has 0 aliphatic carbocycles. The molecule has 3 amide bonds. The Balaban J connectivity index is 1.97. The van der Waals surface area contributed by atoms with E-state index in [1.165, 1.54) is 11.5 Å². The summed E-state index contributed by atoms with van der Waals surface area (Å²) >= 11 is 1.30. The van der Waals surface area contributed by atoms with Gasteiger partial charge in [-0.2, -0.15) is 0 Å². The number of carbonyl (C=O) groups is 4. The molecule has 0 aromatic carbocycles. The predicted molar refractivity (Wildman–Crippen MR) is 115 cm³/mol. The first kappa shape index (κ1) is 25.7. The average Bonchev–Trinajstić information content (AvgIpc) is 3.20. The third kappa shape index (κ3) is 7.84. The highest BCUT2D eigenvalue weighted by molar-refractivity contribution is 7.05. The molecule has 1 aromatic rings. The minimum atomic E-state index is -1.07. The molecule has 1 aliphatic heterocycles. The van der Waals surface area contributed by atoms with Crippen LogP contribution in [0.15, 0.2) is 6.20 Å². The molecule has 12 heteroatoms. The van der Waals surface area contributed by atoms with Crippen molar-refractivity contribution in [2.75, 3.05) is 40.1 Å². The molecule has 2 atom stereocenters. The minimum Gasteiger partial charge on any atom is -0.447 e. The fourth-order valence-corrected chi connectivity index (χ4v) is 3.78. The van der Waals surface area contributed by atoms with Crippen molar-refractivity contribution < 1.29 is 33.4 Å². The summed E-state index contributed by atoms with van der Waals surface area (Å²) in [7, 11) is 1.55. The largest absolute Gasteiger partial charge is 0.447 e. The molecule has 1 aliphatic rings. The van der Waals surface area contributed by atoms with Crippen molar-refractivity contribution >= 4 is 35.2 Å². The molecule has 2 heterocycles. The molecule has 1 aromatic heterocycles. The van der Waals surface area contributed by atoms with Crippen molar-refractivity contribution in [3.05, 3.63) is 16.6 Å². The Morgan fingerprint density at radius 3 is 2.72 bits per heavy atom. The van der Waals surface area contributed by atoms with Gasteiger partial charge >= 0.3 is 6.09 Å². The number of ketones is 1. The topological polar surface area (TPSA) is 145 Å². The van der Waals surface area contributed by atoms with Gasteiger partial charge in [0.25, 0.3) is 5.91 Å². The lowest BCUT2D eigenvalue weighted by Gasteiger charge is -2.24. The van der Waals surface area contributed by atoms with Crippen LogP contribution in [0.1, 0.15) is 24.3 Å². The zero-order valence-corrected chi connectivity index (χ0v) is 19.3. The highest BCUT2D eigenvalue weighted by atomic mass is 32.1. The van der Waals surface area contributed by atoms with Crippen LogP contribution in [-0.2, 0) is 41.4 Å². The van der Waals surface area contributed by atoms with Gasteiger partial charge in [0.05, 0.1) is 19.8 Å². The van der Waals surface area contributed by atoms with Gasteiger partial charge in [-0.1, -0.05) is 13.8 Å². The van der Waals surface area contributed by atoms with Crippen molar-refractivity contribution in [3.8, 4) is 0 Å². The molecule has 0 saturated heterocycles. The van der Waals surface area contributed by atoms with Gasteiger partial charge in [-0.3, -0.25) is 14.4 Å². The molecule has 3 N–H and O–H groups in total. The highest BCUT2D eigenvalue weighted by Crippen LogP contribution is 2.18. The third-order valence-electron chi connectivity index (χ3n) is 4.76. The summed E-state index contributed by atoms with van der Waals surface area (Å²) in [5, 5.41) is 7.70. The number of amides is 3. The van der Waals surface area contributed by atoms with Gasteiger partial charge in [0.15, 0.2) is 0 Å². The summed E-state index contributed by atoms with van der Waals surface area (Å²) in [4.78, 5) is 50.7. The number of fused-ring (bicyclic) bond motifs is 1. The van der Waals surface area contributed by atoms with Gasteiger partial charge < -0.3 is 30.2 Å². The number of alkyl carbamates (subject to hydrolysis) is 1. The number of nitrogens with zero attached hydrogens (tertiary/aromatic N) is 1. The van der Waals surface area contributed by atoms with Crippen LogP contribution in [0.4, 0.5) is 4.79 Å². The van der Waals surface area contributed by atoms with Crippen molar-refractivity contribution in [2.24, 2.45) is 5.92 Å². The first-order valence-corrected chi connectivity index (χ1v) is 11.2. The van der Waals surface area contributed by atoms with E-state index in [0.717, 1.165) is 10.4 Å². The Morgan fingerprint density at radius 1 is 1.25 bits per heavy atom. The monoisotopic (exact) mass is 470 g/mol. The van der Waals surface area contributed by atoms with E-state index < -0.39 is 35.8 Å². The number of aromatic nitrogens is 1. The van der Waals surface area contributed by atoms with E-state index in [2.05, 4.69) is 20.3 Å². The summed E-state index contributed by atoms with van der Waals surface area (Å²) in [5.41, 5.74) is 0.812. The van der Waals surface area contributed by atoms with Crippen molar-refractivity contribution in [1.29, 1.82) is 0 Å². The molecule has 0 saturated carbocycles. The molecular formula is C20H30N4O7S. The van der Waals surface area contributed by atoms with Crippen molar-refractivity contribution in [2.45, 2.75) is 38.8 Å². The van der Waals surface area contributed by atoms with Gasteiger partial charge in [0.1, 0.15) is 18.7 Å². The minimum absolute atomic E-state index is 0.0111. The summed E-state index contributed by atoms with van der Waals surface area (Å²) in [6, 6.07) is -2.02. The van der Waals surface area contributed by atoms with E-state index in [1.807, 2.05) is 0 Å². The van der Waals surface area contributed by atoms with E-state index in [4.69, 9.17) is 14.2 Å². The maximum Gasteiger partial charge on any atom is 0.407 e. The Labute approximate surface area is 190 Å². The molecule has 0 bridgehead atoms. The molecule has 2 unspecified atom stereocenters. The van der Waals surface area contributed by atoms with Gasteiger partial charge in [-0.25, -0.2) is 9.17 Å². The maximum absolute atomic E-state index is 12.9. The second-order valence-corrected chi connectivity index (χ2v) is 8.40. The number of nitrogens with one attached hydrogen (secondary N) is 3. The molecule has 0 radical (unpaired) electrons. The third-order valence-corrected chi connectivity index (χ3v) is 5.66. The van der Waals surface area contributed by atoms with Crippen LogP contribution in [-0.4, -0.2) is 80.2 Å². The number of Topliss-reactive ketones (excluding diaryl/α,β-unsaturated/α-hetero) is 1. The second kappa shape index (κ2) is 13.1. The zero-order valence-electron chi connectivity index (χ0n) is 18.5. The van der Waals surface area contributed by atoms with Gasteiger partial charge in [-0.05, 0) is 23.0 Å². The van der Waals surface area contributed by atoms with E-state index in [0.29, 0.717) is 26.2 Å². The van der Waals surface area contributed by atoms with Gasteiger partial charge in [0, 0.05) is 37.6 Å². The first-order chi connectivity index (χ1) is 15.3. The lowest BCUT2D eigenvalue weighted by molar-refractivity contribution is -0.140. The Kier molecular flexibility index (Phi) is 10.5. The molecule has 178 valence electrons. The van der Waals surface area contributed by atoms with Gasteiger partial charge in [0.2, 0.25) is 11.7 Å². The van der Waals surface area contributed by atoms with Crippen LogP contribution < -0.4 is 16.0 Å². The smallest absolute Gasteiger partial charge is 0.407 e. The normalized spacial score (nSPS) is 17.4. The predicted octanol–water partition coefficient (Wildman–Crippen LogP) is -0.174. The molecular weight excluding hydrogens is 440 g/mol. The summed E-state index contributed by atoms with van der Waals surface area (Å²) in [5.74, 6) is -2.36. The number of hydrogen-bond donors (Lipinski definition) is 3. The molecule has 32 heavy (non-hydrogen) atoms. The van der Waals surface area contributed by atoms with E-state index in [-0.39, 0.29) is 25.6 Å². The summed E-state index contributed by atoms with van der Waals surface area (Å²) in [6.45, 7) is 4.83. The quantitative estimate of drug-likeness (QED) is 0.316. The number of carbonyl (C=O) groups excluding carboxylic acids is 4. The SMILES string of the molecule is COCCOCCOC(=O)NC(C(=O)NC1Cc2cnsc2CCNC(=O)C1=O)C(C)C. The maximum atomic E-state index is 12.9. The Morgan fingerprint density at radius 2 is 2.00 bits per heavy atom. The van der Waals surface area contributed by atoms with Crippen LogP contribution in [0.5, 0.6) is 0 Å². The number of ether oxygens (including phenoxy) is 3. The fourth-order valence-electron chi connectivity index (χ4n) is 3.02. The molecule has 11 nitrogen and oxygen atoms in total. The summed E-state index contributed by atoms with van der Waals surface area (Å²) in [6.07, 6.45) is 1.58. The number of methoxy groups -OCH3 is 1. The fraction of sp³-hybridized carbons (Fsp3) is 0.650. The lowest BCUT2D eigenvalue weighted by Crippen LogP contribution is -2.56. The first-order valence-electron chi connectivity index (χ1n) is 10.4. The van der Waals surface area contributed by atoms with Crippen LogP contribution in [0, 0.1) is 5.92 Å². The number of rotatable bonds is 10. The van der Waals surface area contributed by atoms with Crippen LogP contribution >= 0.6 is 11.5 Å². The Hall–Kier alpha value is -2.57. The average molecular weight is 471 g/mol. The van der Waals surface area contributed by atoms with Gasteiger partial charge in [-0.15, -0.1) is 0 Å². The van der Waals surface area contributed by atoms with Crippen LogP contribution in [0.3, 0.4) is 0 Å². The number of hydrogen-bond acceptors (Lipinski definition) is 9. The molecule has 2 rings (SSSR count). The zero-order chi connectivity index (χ0) is 23.5. The summed E-state index contributed by atoms with van der Waals surface area (Å²) < 4.78 is 19.2. The molecule has 0 fully saturated rings. The molecule has 0 spiro atoms. The van der Waals surface area contributed by atoms with Crippen LogP contribution in [0.25, 0.3) is 0 Å². The van der Waals surface area contributed by atoms with E-state index in [1.54, 1.807) is 27.2 Å². The van der Waals surface area contributed by atoms with Crippen LogP contribution in [0.2, 0.25) is 0 Å². The standard InChI is InChI=1S/C20H30N4O7S/c1-12(2)16(24-20(28)31-9-8-30-7-6-29-3)18(26)23-14-10-13-11-22-32-15(13)4-5-21-19(27)17(14)25/h11-12,14,16H,4-10H2,1-3H3,(H,21,27)(H,23,26)(H,24,28). The van der Waals surface area contributed by atoms with Crippen molar-refractivity contribution in [1.82, 2.24) is 20.3 Å². The lowest BCUT2D eigenvalue weighted by atomic mass is 10.00. The second-order valence-electron chi connectivity index (χ2n) is 7.52. The van der Waals surface area contributed by atoms with E-state index >= 15 is 0 Å². The van der Waals surface area contributed by atoms with Crippen molar-refractivity contribution in [3.63, 3.8) is 0 Å².